The third kappa shape index (κ3) is 5.13. The lowest BCUT2D eigenvalue weighted by Gasteiger charge is -2.10. The summed E-state index contributed by atoms with van der Waals surface area (Å²) in [6, 6.07) is 22.0. The zero-order chi connectivity index (χ0) is 17.5. The molecule has 25 heavy (non-hydrogen) atoms. The molecule has 128 valence electrons. The largest absolute Gasteiger partial charge is 0.457 e. The van der Waals surface area contributed by atoms with Crippen LogP contribution in [0.2, 0.25) is 5.02 Å². The van der Waals surface area contributed by atoms with E-state index in [2.05, 4.69) is 10.6 Å². The first kappa shape index (κ1) is 17.1. The molecule has 0 spiro atoms. The highest BCUT2D eigenvalue weighted by Gasteiger charge is 2.00. The smallest absolute Gasteiger partial charge is 0.141 e. The minimum absolute atomic E-state index is 0.118. The van der Waals surface area contributed by atoms with Crippen molar-refractivity contribution in [1.29, 1.82) is 0 Å². The third-order valence-corrected chi connectivity index (χ3v) is 3.83. The normalized spacial score (nSPS) is 10.3. The van der Waals surface area contributed by atoms with Gasteiger partial charge in [-0.2, -0.15) is 0 Å². The molecule has 0 bridgehead atoms. The fourth-order valence-electron chi connectivity index (χ4n) is 2.29. The van der Waals surface area contributed by atoms with E-state index >= 15 is 0 Å². The van der Waals surface area contributed by atoms with Crippen molar-refractivity contribution in [3.63, 3.8) is 0 Å². The van der Waals surface area contributed by atoms with Crippen LogP contribution < -0.4 is 15.4 Å². The molecule has 0 unspecified atom stereocenters. The molecule has 0 saturated heterocycles. The number of halogens is 2. The summed E-state index contributed by atoms with van der Waals surface area (Å²) in [5.74, 6) is 1.18. The Morgan fingerprint density at radius 2 is 1.36 bits per heavy atom. The summed E-state index contributed by atoms with van der Waals surface area (Å²) in [6.45, 7) is 1.40. The van der Waals surface area contributed by atoms with Gasteiger partial charge in [-0.3, -0.25) is 0 Å². The second-order valence-electron chi connectivity index (χ2n) is 5.42. The van der Waals surface area contributed by atoms with Crippen molar-refractivity contribution in [2.24, 2.45) is 0 Å². The summed E-state index contributed by atoms with van der Waals surface area (Å²) in [5, 5.41) is 6.61. The van der Waals surface area contributed by atoms with Gasteiger partial charge in [0.2, 0.25) is 0 Å². The quantitative estimate of drug-likeness (QED) is 0.525. The Kier molecular flexibility index (Phi) is 5.75. The summed E-state index contributed by atoms with van der Waals surface area (Å²) in [6.07, 6.45) is 0. The minimum atomic E-state index is -0.414. The van der Waals surface area contributed by atoms with Gasteiger partial charge in [-0.25, -0.2) is 4.39 Å². The van der Waals surface area contributed by atoms with E-state index in [0.29, 0.717) is 13.1 Å². The predicted octanol–water partition coefficient (Wildman–Crippen LogP) is 5.80. The predicted molar refractivity (Wildman–Crippen MR) is 101 cm³/mol. The summed E-state index contributed by atoms with van der Waals surface area (Å²) in [4.78, 5) is 0. The van der Waals surface area contributed by atoms with Crippen molar-refractivity contribution in [3.8, 4) is 11.5 Å². The Hall–Kier alpha value is -2.72. The molecule has 3 aromatic carbocycles. The van der Waals surface area contributed by atoms with Crippen LogP contribution in [0.4, 0.5) is 15.8 Å². The number of para-hydroxylation sites is 1. The molecule has 0 saturated carbocycles. The Morgan fingerprint density at radius 1 is 0.760 bits per heavy atom. The van der Waals surface area contributed by atoms with Gasteiger partial charge in [0, 0.05) is 24.5 Å². The van der Waals surface area contributed by atoms with Crippen LogP contribution in [0.25, 0.3) is 0 Å². The molecule has 3 rings (SSSR count). The lowest BCUT2D eigenvalue weighted by atomic mass is 10.3. The van der Waals surface area contributed by atoms with E-state index in [9.17, 15) is 4.39 Å². The zero-order valence-corrected chi connectivity index (χ0v) is 14.3. The lowest BCUT2D eigenvalue weighted by Crippen LogP contribution is -2.13. The Labute approximate surface area is 151 Å². The molecule has 3 nitrogen and oxygen atoms in total. The Bertz CT molecular complexity index is 810. The number of nitrogens with one attached hydrogen (secondary N) is 2. The van der Waals surface area contributed by atoms with Crippen LogP contribution >= 0.6 is 11.6 Å². The van der Waals surface area contributed by atoms with E-state index in [1.54, 1.807) is 12.1 Å². The van der Waals surface area contributed by atoms with Gasteiger partial charge in [0.1, 0.15) is 17.3 Å². The standard InChI is InChI=1S/C20H18ClFN2O/c21-19-14-16(8-11-20(19)22)24-13-12-23-15-6-9-18(10-7-15)25-17-4-2-1-3-5-17/h1-11,14,23-24H,12-13H2. The fourth-order valence-corrected chi connectivity index (χ4v) is 2.47. The van der Waals surface area contributed by atoms with Crippen molar-refractivity contribution in [1.82, 2.24) is 0 Å². The first-order valence-corrected chi connectivity index (χ1v) is 8.34. The molecule has 0 atom stereocenters. The first-order chi connectivity index (χ1) is 12.2. The van der Waals surface area contributed by atoms with Gasteiger partial charge in [0.05, 0.1) is 5.02 Å². The van der Waals surface area contributed by atoms with Gasteiger partial charge in [-0.05, 0) is 54.6 Å². The highest BCUT2D eigenvalue weighted by atomic mass is 35.5. The molecule has 5 heteroatoms. The number of hydrogen-bond donors (Lipinski definition) is 2. The number of anilines is 2. The highest BCUT2D eigenvalue weighted by molar-refractivity contribution is 6.31. The topological polar surface area (TPSA) is 33.3 Å². The van der Waals surface area contributed by atoms with Gasteiger partial charge in [0.15, 0.2) is 0 Å². The summed E-state index contributed by atoms with van der Waals surface area (Å²) in [7, 11) is 0. The zero-order valence-electron chi connectivity index (χ0n) is 13.5. The van der Waals surface area contributed by atoms with Crippen LogP contribution in [0.3, 0.4) is 0 Å². The molecule has 0 aliphatic carbocycles. The van der Waals surface area contributed by atoms with E-state index in [4.69, 9.17) is 16.3 Å². The molecule has 0 amide bonds. The number of ether oxygens (including phenoxy) is 1. The lowest BCUT2D eigenvalue weighted by molar-refractivity contribution is 0.483. The van der Waals surface area contributed by atoms with Gasteiger partial charge in [-0.1, -0.05) is 29.8 Å². The second kappa shape index (κ2) is 8.40. The molecule has 0 heterocycles. The Balaban J connectivity index is 1.44. The summed E-state index contributed by atoms with van der Waals surface area (Å²) >= 11 is 5.75. The summed E-state index contributed by atoms with van der Waals surface area (Å²) < 4.78 is 18.9. The van der Waals surface area contributed by atoms with E-state index in [1.165, 1.54) is 6.07 Å². The van der Waals surface area contributed by atoms with Crippen LogP contribution in [0.1, 0.15) is 0 Å². The van der Waals surface area contributed by atoms with Crippen molar-refractivity contribution in [2.45, 2.75) is 0 Å². The maximum Gasteiger partial charge on any atom is 0.141 e. The second-order valence-corrected chi connectivity index (χ2v) is 5.83. The van der Waals surface area contributed by atoms with Gasteiger partial charge < -0.3 is 15.4 Å². The molecule has 0 fully saturated rings. The number of rotatable bonds is 7. The first-order valence-electron chi connectivity index (χ1n) is 7.96. The summed E-state index contributed by atoms with van der Waals surface area (Å²) in [5.41, 5.74) is 1.79. The molecule has 0 aliphatic heterocycles. The van der Waals surface area contributed by atoms with E-state index < -0.39 is 5.82 Å². The van der Waals surface area contributed by atoms with Gasteiger partial charge >= 0.3 is 0 Å². The molecule has 2 N–H and O–H groups in total. The molecular formula is C20H18ClFN2O. The Morgan fingerprint density at radius 3 is 2.04 bits per heavy atom. The van der Waals surface area contributed by atoms with Crippen LogP contribution in [0.5, 0.6) is 11.5 Å². The van der Waals surface area contributed by atoms with Crippen LogP contribution in [-0.4, -0.2) is 13.1 Å². The average molecular weight is 357 g/mol. The number of hydrogen-bond acceptors (Lipinski definition) is 3. The van der Waals surface area contributed by atoms with E-state index in [1.807, 2.05) is 54.6 Å². The average Bonchev–Trinajstić information content (AvgIpc) is 2.64. The minimum Gasteiger partial charge on any atom is -0.457 e. The van der Waals surface area contributed by atoms with Crippen molar-refractivity contribution < 1.29 is 9.13 Å². The molecule has 0 aliphatic rings. The molecule has 3 aromatic rings. The maximum atomic E-state index is 13.1. The monoisotopic (exact) mass is 356 g/mol. The molecule has 0 aromatic heterocycles. The van der Waals surface area contributed by atoms with E-state index in [-0.39, 0.29) is 5.02 Å². The fraction of sp³-hybridized carbons (Fsp3) is 0.100. The van der Waals surface area contributed by atoms with Crippen LogP contribution in [0, 0.1) is 5.82 Å². The maximum absolute atomic E-state index is 13.1. The van der Waals surface area contributed by atoms with Crippen LogP contribution in [-0.2, 0) is 0 Å². The van der Waals surface area contributed by atoms with Gasteiger partial charge in [-0.15, -0.1) is 0 Å². The van der Waals surface area contributed by atoms with Crippen molar-refractivity contribution >= 4 is 23.0 Å². The van der Waals surface area contributed by atoms with Crippen molar-refractivity contribution in [2.75, 3.05) is 23.7 Å². The van der Waals surface area contributed by atoms with Crippen LogP contribution in [0.15, 0.2) is 72.8 Å². The molecule has 0 radical (unpaired) electrons. The van der Waals surface area contributed by atoms with Crippen molar-refractivity contribution in [3.05, 3.63) is 83.6 Å². The number of benzene rings is 3. The molecular weight excluding hydrogens is 339 g/mol. The third-order valence-electron chi connectivity index (χ3n) is 3.54. The highest BCUT2D eigenvalue weighted by Crippen LogP contribution is 2.22. The SMILES string of the molecule is Fc1ccc(NCCNc2ccc(Oc3ccccc3)cc2)cc1Cl. The van der Waals surface area contributed by atoms with Gasteiger partial charge in [0.25, 0.3) is 0 Å². The van der Waals surface area contributed by atoms with E-state index in [0.717, 1.165) is 22.9 Å².